The van der Waals surface area contributed by atoms with Gasteiger partial charge >= 0.3 is 0 Å². The molecule has 1 aliphatic rings. The minimum atomic E-state index is -0.168. The van der Waals surface area contributed by atoms with Gasteiger partial charge in [0.25, 0.3) is 5.56 Å². The molecule has 23 heavy (non-hydrogen) atoms. The van der Waals surface area contributed by atoms with Gasteiger partial charge in [0.15, 0.2) is 0 Å². The first-order valence-corrected chi connectivity index (χ1v) is 7.99. The molecule has 6 nitrogen and oxygen atoms in total. The zero-order valence-electron chi connectivity index (χ0n) is 13.6. The number of hydrogen-bond donors (Lipinski definition) is 1. The van der Waals surface area contributed by atoms with Crippen LogP contribution in [0.5, 0.6) is 0 Å². The van der Waals surface area contributed by atoms with E-state index in [4.69, 9.17) is 0 Å². The minimum Gasteiger partial charge on any atom is -0.353 e. The molecule has 0 saturated heterocycles. The van der Waals surface area contributed by atoms with Crippen LogP contribution in [0.3, 0.4) is 0 Å². The van der Waals surface area contributed by atoms with Crippen molar-refractivity contribution in [1.82, 2.24) is 19.8 Å². The first-order valence-electron chi connectivity index (χ1n) is 7.99. The molecule has 1 fully saturated rings. The molecule has 122 valence electrons. The summed E-state index contributed by atoms with van der Waals surface area (Å²) in [6.07, 6.45) is 2.50. The van der Waals surface area contributed by atoms with Gasteiger partial charge in [0.2, 0.25) is 5.91 Å². The molecule has 0 spiro atoms. The number of para-hydroxylation sites is 1. The summed E-state index contributed by atoms with van der Waals surface area (Å²) in [5, 5.41) is 3.42. The van der Waals surface area contributed by atoms with E-state index in [9.17, 15) is 9.59 Å². The molecule has 0 aliphatic heterocycles. The summed E-state index contributed by atoms with van der Waals surface area (Å²) in [5.74, 6) is 0.399. The molecule has 3 rings (SSSR count). The monoisotopic (exact) mass is 314 g/mol. The second kappa shape index (κ2) is 6.50. The number of carbonyl (C=O) groups excluding carboxylic acids is 1. The minimum absolute atomic E-state index is 0.00957. The Balaban J connectivity index is 1.66. The van der Waals surface area contributed by atoms with E-state index in [1.165, 1.54) is 17.4 Å². The van der Waals surface area contributed by atoms with Gasteiger partial charge in [-0.1, -0.05) is 12.1 Å². The van der Waals surface area contributed by atoms with Gasteiger partial charge in [-0.05, 0) is 38.9 Å². The summed E-state index contributed by atoms with van der Waals surface area (Å²) < 4.78 is 1.43. The molecular formula is C17H22N4O2. The van der Waals surface area contributed by atoms with Gasteiger partial charge in [-0.15, -0.1) is 0 Å². The Bertz CT molecular complexity index is 780. The van der Waals surface area contributed by atoms with Crippen molar-refractivity contribution in [2.45, 2.75) is 32.4 Å². The quantitative estimate of drug-likeness (QED) is 0.861. The lowest BCUT2D eigenvalue weighted by Gasteiger charge is -2.16. The van der Waals surface area contributed by atoms with E-state index in [0.29, 0.717) is 29.3 Å². The van der Waals surface area contributed by atoms with E-state index in [1.54, 1.807) is 19.1 Å². The average molecular weight is 314 g/mol. The van der Waals surface area contributed by atoms with Crippen LogP contribution in [0.25, 0.3) is 10.9 Å². The highest BCUT2D eigenvalue weighted by atomic mass is 16.2. The fourth-order valence-corrected chi connectivity index (χ4v) is 2.73. The highest BCUT2D eigenvalue weighted by Crippen LogP contribution is 2.24. The fourth-order valence-electron chi connectivity index (χ4n) is 2.73. The predicted octanol–water partition coefficient (Wildman–Crippen LogP) is 0.915. The predicted molar refractivity (Wildman–Crippen MR) is 89.4 cm³/mol. The van der Waals surface area contributed by atoms with Gasteiger partial charge in [-0.3, -0.25) is 14.2 Å². The van der Waals surface area contributed by atoms with Crippen LogP contribution in [-0.2, 0) is 11.3 Å². The number of benzene rings is 1. The van der Waals surface area contributed by atoms with Gasteiger partial charge in [0.1, 0.15) is 12.4 Å². The summed E-state index contributed by atoms with van der Waals surface area (Å²) in [7, 11) is 2.08. The lowest BCUT2D eigenvalue weighted by Crippen LogP contribution is -2.38. The molecule has 1 aliphatic carbocycles. The maximum absolute atomic E-state index is 12.5. The summed E-state index contributed by atoms with van der Waals surface area (Å²) in [6, 6.07) is 7.88. The van der Waals surface area contributed by atoms with Crippen molar-refractivity contribution in [2.24, 2.45) is 0 Å². The fraction of sp³-hybridized carbons (Fsp3) is 0.471. The number of fused-ring (bicyclic) bond motifs is 1. The summed E-state index contributed by atoms with van der Waals surface area (Å²) in [6.45, 7) is 3.19. The normalized spacial score (nSPS) is 14.4. The maximum atomic E-state index is 12.5. The van der Waals surface area contributed by atoms with Crippen LogP contribution in [0, 0.1) is 6.92 Å². The molecule has 0 bridgehead atoms. The summed E-state index contributed by atoms with van der Waals surface area (Å²) in [5.41, 5.74) is 0.496. The Labute approximate surface area is 135 Å². The third-order valence-electron chi connectivity index (χ3n) is 4.31. The second-order valence-electron chi connectivity index (χ2n) is 6.13. The highest BCUT2D eigenvalue weighted by molar-refractivity contribution is 5.79. The van der Waals surface area contributed by atoms with Crippen LogP contribution < -0.4 is 10.9 Å². The molecule has 1 amide bonds. The smallest absolute Gasteiger partial charge is 0.261 e. The number of likely N-dealkylation sites (N-methyl/N-ethyl adjacent to an activating group) is 1. The second-order valence-corrected chi connectivity index (χ2v) is 6.13. The molecule has 2 aromatic rings. The van der Waals surface area contributed by atoms with Gasteiger partial charge in [-0.2, -0.15) is 0 Å². The Morgan fingerprint density at radius 3 is 2.87 bits per heavy atom. The third kappa shape index (κ3) is 3.59. The first kappa shape index (κ1) is 15.7. The number of hydrogen-bond acceptors (Lipinski definition) is 4. The molecule has 1 N–H and O–H groups in total. The first-order chi connectivity index (χ1) is 11.1. The molecule has 1 heterocycles. The van der Waals surface area contributed by atoms with Crippen molar-refractivity contribution in [3.63, 3.8) is 0 Å². The molecule has 1 saturated carbocycles. The van der Waals surface area contributed by atoms with Crippen LogP contribution in [0.4, 0.5) is 0 Å². The number of rotatable bonds is 6. The standard InChI is InChI=1S/C17H22N4O2/c1-12-19-15-6-4-3-5-14(15)17(23)21(12)11-16(22)18-9-10-20(2)13-7-8-13/h3-6,13H,7-11H2,1-2H3,(H,18,22). The molecule has 0 radical (unpaired) electrons. The van der Waals surface area contributed by atoms with E-state index < -0.39 is 0 Å². The van der Waals surface area contributed by atoms with Gasteiger partial charge in [0.05, 0.1) is 10.9 Å². The maximum Gasteiger partial charge on any atom is 0.261 e. The summed E-state index contributed by atoms with van der Waals surface area (Å²) in [4.78, 5) is 31.3. The van der Waals surface area contributed by atoms with Gasteiger partial charge < -0.3 is 10.2 Å². The Morgan fingerprint density at radius 1 is 1.39 bits per heavy atom. The van der Waals surface area contributed by atoms with Gasteiger partial charge in [-0.25, -0.2) is 4.98 Å². The van der Waals surface area contributed by atoms with Crippen molar-refractivity contribution < 1.29 is 4.79 Å². The molecule has 1 aromatic carbocycles. The number of aryl methyl sites for hydroxylation is 1. The van der Waals surface area contributed by atoms with Crippen molar-refractivity contribution in [1.29, 1.82) is 0 Å². The van der Waals surface area contributed by atoms with E-state index in [-0.39, 0.29) is 18.0 Å². The molecule has 1 aromatic heterocycles. The SMILES string of the molecule is Cc1nc2ccccc2c(=O)n1CC(=O)NCCN(C)C1CC1. The number of aromatic nitrogens is 2. The Hall–Kier alpha value is -2.21. The number of carbonyl (C=O) groups is 1. The molecule has 0 unspecified atom stereocenters. The zero-order valence-corrected chi connectivity index (χ0v) is 13.6. The van der Waals surface area contributed by atoms with E-state index in [2.05, 4.69) is 22.2 Å². The topological polar surface area (TPSA) is 67.2 Å². The van der Waals surface area contributed by atoms with Crippen molar-refractivity contribution in [3.05, 3.63) is 40.4 Å². The van der Waals surface area contributed by atoms with Crippen LogP contribution in [0.15, 0.2) is 29.1 Å². The molecule has 6 heteroatoms. The van der Waals surface area contributed by atoms with Gasteiger partial charge in [0, 0.05) is 19.1 Å². The number of nitrogens with one attached hydrogen (secondary N) is 1. The van der Waals surface area contributed by atoms with Crippen molar-refractivity contribution in [3.8, 4) is 0 Å². The number of nitrogens with zero attached hydrogens (tertiary/aromatic N) is 3. The van der Waals surface area contributed by atoms with Crippen LogP contribution in [0.2, 0.25) is 0 Å². The largest absolute Gasteiger partial charge is 0.353 e. The zero-order chi connectivity index (χ0) is 16.4. The van der Waals surface area contributed by atoms with Crippen molar-refractivity contribution >= 4 is 16.8 Å². The van der Waals surface area contributed by atoms with E-state index in [1.807, 2.05) is 12.1 Å². The summed E-state index contributed by atoms with van der Waals surface area (Å²) >= 11 is 0. The van der Waals surface area contributed by atoms with Crippen LogP contribution >= 0.6 is 0 Å². The average Bonchev–Trinajstić information content (AvgIpc) is 3.36. The molecule has 0 atom stereocenters. The Kier molecular flexibility index (Phi) is 4.43. The lowest BCUT2D eigenvalue weighted by atomic mass is 10.2. The van der Waals surface area contributed by atoms with E-state index in [0.717, 1.165) is 6.54 Å². The highest BCUT2D eigenvalue weighted by Gasteiger charge is 2.25. The third-order valence-corrected chi connectivity index (χ3v) is 4.31. The van der Waals surface area contributed by atoms with Crippen LogP contribution in [0.1, 0.15) is 18.7 Å². The molecular weight excluding hydrogens is 292 g/mol. The lowest BCUT2D eigenvalue weighted by molar-refractivity contribution is -0.121. The van der Waals surface area contributed by atoms with Crippen LogP contribution in [-0.4, -0.2) is 46.5 Å². The Morgan fingerprint density at radius 2 is 2.13 bits per heavy atom. The van der Waals surface area contributed by atoms with E-state index >= 15 is 0 Å². The van der Waals surface area contributed by atoms with Crippen molar-refractivity contribution in [2.75, 3.05) is 20.1 Å². The number of amides is 1.